The van der Waals surface area contributed by atoms with E-state index in [4.69, 9.17) is 9.47 Å². The summed E-state index contributed by atoms with van der Waals surface area (Å²) in [5, 5.41) is 0. The molecule has 0 saturated carbocycles. The molecule has 0 aliphatic heterocycles. The number of rotatable bonds is 6. The number of ether oxygens (including phenoxy) is 2. The van der Waals surface area contributed by atoms with Crippen LogP contribution in [0.15, 0.2) is 47.4 Å². The summed E-state index contributed by atoms with van der Waals surface area (Å²) >= 11 is 0. The number of nitrogens with zero attached hydrogens (tertiary/aromatic N) is 1. The highest BCUT2D eigenvalue weighted by molar-refractivity contribution is 5.89. The molecule has 2 aromatic rings. The van der Waals surface area contributed by atoms with Crippen LogP contribution in [0.25, 0.3) is 0 Å². The molecule has 116 valence electrons. The van der Waals surface area contributed by atoms with Gasteiger partial charge in [-0.1, -0.05) is 12.1 Å². The van der Waals surface area contributed by atoms with E-state index in [0.29, 0.717) is 31.1 Å². The Kier molecular flexibility index (Phi) is 5.36. The van der Waals surface area contributed by atoms with Crippen molar-refractivity contribution >= 4 is 5.97 Å². The first-order valence-electron chi connectivity index (χ1n) is 7.24. The van der Waals surface area contributed by atoms with Crippen LogP contribution < -0.4 is 10.3 Å². The normalized spacial score (nSPS) is 10.3. The monoisotopic (exact) mass is 301 g/mol. The van der Waals surface area contributed by atoms with Gasteiger partial charge in [-0.25, -0.2) is 4.79 Å². The zero-order valence-corrected chi connectivity index (χ0v) is 12.7. The summed E-state index contributed by atoms with van der Waals surface area (Å²) in [6.45, 7) is 4.74. The summed E-state index contributed by atoms with van der Waals surface area (Å²) in [5.74, 6) is -0.0358. The van der Waals surface area contributed by atoms with E-state index in [1.54, 1.807) is 48.0 Å². The molecule has 0 atom stereocenters. The second kappa shape index (κ2) is 7.45. The third kappa shape index (κ3) is 3.75. The molecule has 0 aliphatic carbocycles. The number of benzene rings is 1. The van der Waals surface area contributed by atoms with Crippen LogP contribution in [0.2, 0.25) is 0 Å². The fourth-order valence-corrected chi connectivity index (χ4v) is 2.11. The zero-order chi connectivity index (χ0) is 15.9. The third-order valence-electron chi connectivity index (χ3n) is 3.08. The van der Waals surface area contributed by atoms with Crippen molar-refractivity contribution in [2.45, 2.75) is 20.4 Å². The minimum atomic E-state index is -0.361. The predicted molar refractivity (Wildman–Crippen MR) is 83.4 cm³/mol. The van der Waals surface area contributed by atoms with Crippen molar-refractivity contribution in [3.05, 3.63) is 64.1 Å². The van der Waals surface area contributed by atoms with E-state index in [9.17, 15) is 9.59 Å². The average molecular weight is 301 g/mol. The number of aromatic nitrogens is 1. The Morgan fingerprint density at radius 3 is 2.68 bits per heavy atom. The lowest BCUT2D eigenvalue weighted by Crippen LogP contribution is -2.21. The molecule has 0 N–H and O–H groups in total. The maximum atomic E-state index is 12.2. The Morgan fingerprint density at radius 2 is 1.95 bits per heavy atom. The van der Waals surface area contributed by atoms with Gasteiger partial charge in [-0.3, -0.25) is 4.79 Å². The smallest absolute Gasteiger partial charge is 0.338 e. The topological polar surface area (TPSA) is 57.5 Å². The van der Waals surface area contributed by atoms with Crippen LogP contribution in [0.1, 0.15) is 29.8 Å². The van der Waals surface area contributed by atoms with Crippen molar-refractivity contribution in [3.8, 4) is 5.75 Å². The van der Waals surface area contributed by atoms with Gasteiger partial charge in [0.15, 0.2) is 5.75 Å². The largest absolute Gasteiger partial charge is 0.488 e. The first-order valence-corrected chi connectivity index (χ1v) is 7.24. The van der Waals surface area contributed by atoms with Gasteiger partial charge in [0.05, 0.1) is 25.3 Å². The fraction of sp³-hybridized carbons (Fsp3) is 0.294. The van der Waals surface area contributed by atoms with E-state index >= 15 is 0 Å². The Bertz CT molecular complexity index is 706. The van der Waals surface area contributed by atoms with Crippen molar-refractivity contribution in [1.82, 2.24) is 4.57 Å². The Balaban J connectivity index is 2.24. The number of esters is 1. The van der Waals surface area contributed by atoms with Crippen LogP contribution in [0.5, 0.6) is 5.75 Å². The summed E-state index contributed by atoms with van der Waals surface area (Å²) in [6, 6.07) is 10.5. The highest BCUT2D eigenvalue weighted by Crippen LogP contribution is 2.09. The number of pyridine rings is 1. The second-order valence-electron chi connectivity index (χ2n) is 4.66. The van der Waals surface area contributed by atoms with Crippen LogP contribution in [0, 0.1) is 0 Å². The summed E-state index contributed by atoms with van der Waals surface area (Å²) in [5.41, 5.74) is 1.14. The Hall–Kier alpha value is -2.56. The first kappa shape index (κ1) is 15.8. The molecule has 2 rings (SSSR count). The van der Waals surface area contributed by atoms with Crippen molar-refractivity contribution in [1.29, 1.82) is 0 Å². The maximum Gasteiger partial charge on any atom is 0.338 e. The van der Waals surface area contributed by atoms with Crippen molar-refractivity contribution in [3.63, 3.8) is 0 Å². The van der Waals surface area contributed by atoms with E-state index in [2.05, 4.69) is 0 Å². The first-order chi connectivity index (χ1) is 10.7. The number of carbonyl (C=O) groups excluding carboxylic acids is 1. The molecule has 1 aromatic heterocycles. The fourth-order valence-electron chi connectivity index (χ4n) is 2.11. The van der Waals surface area contributed by atoms with Crippen LogP contribution in [0.3, 0.4) is 0 Å². The van der Waals surface area contributed by atoms with Gasteiger partial charge < -0.3 is 14.0 Å². The van der Waals surface area contributed by atoms with E-state index in [1.165, 1.54) is 0 Å². The zero-order valence-electron chi connectivity index (χ0n) is 12.7. The minimum absolute atomic E-state index is 0.189. The van der Waals surface area contributed by atoms with E-state index in [-0.39, 0.29) is 11.5 Å². The van der Waals surface area contributed by atoms with Crippen LogP contribution in [0.4, 0.5) is 0 Å². The number of hydrogen-bond acceptors (Lipinski definition) is 4. The average Bonchev–Trinajstić information content (AvgIpc) is 2.52. The quantitative estimate of drug-likeness (QED) is 0.769. The van der Waals surface area contributed by atoms with Gasteiger partial charge in [0.25, 0.3) is 5.56 Å². The molecule has 0 spiro atoms. The number of carbonyl (C=O) groups is 1. The number of hydrogen-bond donors (Lipinski definition) is 0. The van der Waals surface area contributed by atoms with Gasteiger partial charge in [-0.2, -0.15) is 0 Å². The highest BCUT2D eigenvalue weighted by Gasteiger charge is 2.08. The van der Waals surface area contributed by atoms with Crippen LogP contribution in [-0.2, 0) is 11.3 Å². The molecule has 0 saturated heterocycles. The van der Waals surface area contributed by atoms with Crippen LogP contribution in [-0.4, -0.2) is 23.8 Å². The van der Waals surface area contributed by atoms with Gasteiger partial charge in [0.1, 0.15) is 0 Å². The lowest BCUT2D eigenvalue weighted by atomic mass is 10.1. The standard InChI is InChI=1S/C17H19NO4/c1-3-21-15-9-6-10-18(16(15)19)12-13-7-5-8-14(11-13)17(20)22-4-2/h5-11H,3-4,12H2,1-2H3. The van der Waals surface area contributed by atoms with Gasteiger partial charge in [0.2, 0.25) is 0 Å². The van der Waals surface area contributed by atoms with Crippen molar-refractivity contribution in [2.24, 2.45) is 0 Å². The minimum Gasteiger partial charge on any atom is -0.488 e. The molecule has 5 heteroatoms. The molecule has 0 unspecified atom stereocenters. The van der Waals surface area contributed by atoms with Crippen LogP contribution >= 0.6 is 0 Å². The molecule has 0 radical (unpaired) electrons. The van der Waals surface area contributed by atoms with Crippen molar-refractivity contribution in [2.75, 3.05) is 13.2 Å². The Labute approximate surface area is 129 Å². The molecule has 0 fully saturated rings. The summed E-state index contributed by atoms with van der Waals surface area (Å²) in [7, 11) is 0. The van der Waals surface area contributed by atoms with E-state index in [0.717, 1.165) is 5.56 Å². The summed E-state index contributed by atoms with van der Waals surface area (Å²) in [6.07, 6.45) is 1.70. The predicted octanol–water partition coefficient (Wildman–Crippen LogP) is 2.47. The van der Waals surface area contributed by atoms with Gasteiger partial charge in [-0.05, 0) is 43.7 Å². The summed E-state index contributed by atoms with van der Waals surface area (Å²) < 4.78 is 11.8. The SMILES string of the molecule is CCOC(=O)c1cccc(Cn2cccc(OCC)c2=O)c1. The van der Waals surface area contributed by atoms with Gasteiger partial charge >= 0.3 is 5.97 Å². The van der Waals surface area contributed by atoms with Gasteiger partial charge in [0, 0.05) is 6.20 Å². The molecule has 0 aliphatic rings. The lowest BCUT2D eigenvalue weighted by Gasteiger charge is -2.09. The summed E-state index contributed by atoms with van der Waals surface area (Å²) in [4.78, 5) is 24.0. The second-order valence-corrected chi connectivity index (χ2v) is 4.66. The third-order valence-corrected chi connectivity index (χ3v) is 3.08. The van der Waals surface area contributed by atoms with Crippen molar-refractivity contribution < 1.29 is 14.3 Å². The molecular formula is C17H19NO4. The Morgan fingerprint density at radius 1 is 1.14 bits per heavy atom. The molecule has 0 amide bonds. The molecule has 0 bridgehead atoms. The van der Waals surface area contributed by atoms with E-state index in [1.807, 2.05) is 13.0 Å². The van der Waals surface area contributed by atoms with E-state index < -0.39 is 0 Å². The highest BCUT2D eigenvalue weighted by atomic mass is 16.5. The molecule has 22 heavy (non-hydrogen) atoms. The maximum absolute atomic E-state index is 12.2. The molecular weight excluding hydrogens is 282 g/mol. The molecule has 5 nitrogen and oxygen atoms in total. The lowest BCUT2D eigenvalue weighted by molar-refractivity contribution is 0.0526. The van der Waals surface area contributed by atoms with Gasteiger partial charge in [-0.15, -0.1) is 0 Å². The molecule has 1 heterocycles. The molecule has 1 aromatic carbocycles.